The molecule has 0 unspecified atom stereocenters. The van der Waals surface area contributed by atoms with E-state index in [9.17, 15) is 9.90 Å². The molecule has 0 spiro atoms. The van der Waals surface area contributed by atoms with Crippen LogP contribution in [0.1, 0.15) is 47.9 Å². The van der Waals surface area contributed by atoms with E-state index >= 15 is 0 Å². The Morgan fingerprint density at radius 2 is 1.93 bits per heavy atom. The molecule has 2 heterocycles. The van der Waals surface area contributed by atoms with Crippen LogP contribution in [0.2, 0.25) is 0 Å². The van der Waals surface area contributed by atoms with Crippen LogP contribution in [0.15, 0.2) is 53.0 Å². The average Bonchev–Trinajstić information content (AvgIpc) is 3.26. The second-order valence-corrected chi connectivity index (χ2v) is 8.52. The number of hydrogen-bond donors (Lipinski definition) is 2. The smallest absolute Gasteiger partial charge is 0.273 e. The van der Waals surface area contributed by atoms with Gasteiger partial charge in [-0.2, -0.15) is 5.10 Å². The van der Waals surface area contributed by atoms with Crippen LogP contribution in [0.25, 0.3) is 11.3 Å². The molecule has 6 nitrogen and oxygen atoms in total. The molecule has 0 saturated heterocycles. The van der Waals surface area contributed by atoms with Crippen molar-refractivity contribution >= 4 is 21.8 Å². The summed E-state index contributed by atoms with van der Waals surface area (Å²) in [5.41, 5.74) is 3.48. The number of H-pyrrole nitrogens is 1. The summed E-state index contributed by atoms with van der Waals surface area (Å²) in [6.45, 7) is 5.16. The molecule has 2 N–H and O–H groups in total. The van der Waals surface area contributed by atoms with E-state index in [1.54, 1.807) is 12.1 Å². The fraction of sp³-hybridized carbons (Fsp3) is 0.304. The molecule has 1 aliphatic heterocycles. The Balaban J connectivity index is 1.74. The Labute approximate surface area is 184 Å². The number of aromatic nitrogens is 2. The van der Waals surface area contributed by atoms with Crippen LogP contribution in [-0.4, -0.2) is 45.4 Å². The lowest BCUT2D eigenvalue weighted by atomic mass is 9.96. The quantitative estimate of drug-likeness (QED) is 0.482. The number of ether oxygens (including phenoxy) is 1. The van der Waals surface area contributed by atoms with Crippen molar-refractivity contribution in [1.29, 1.82) is 0 Å². The molecule has 7 heteroatoms. The maximum absolute atomic E-state index is 13.2. The van der Waals surface area contributed by atoms with Gasteiger partial charge in [0.2, 0.25) is 0 Å². The minimum Gasteiger partial charge on any atom is -0.507 e. The van der Waals surface area contributed by atoms with Crippen molar-refractivity contribution in [2.45, 2.75) is 32.4 Å². The number of benzene rings is 2. The standard InChI is InChI=1S/C23H24BrN3O3/c1-14(2)30-13-5-12-27-22(15-8-10-16(24)11-9-15)19-20(25-26-21(19)23(27)29)17-6-3-4-7-18(17)28/h3-4,6-11,14,22,28H,5,12-13H2,1-2H3,(H,25,26)/t22-/m0/s1. The van der Waals surface area contributed by atoms with Gasteiger partial charge in [0, 0.05) is 28.8 Å². The van der Waals surface area contributed by atoms with Crippen molar-refractivity contribution in [1.82, 2.24) is 15.1 Å². The van der Waals surface area contributed by atoms with Gasteiger partial charge >= 0.3 is 0 Å². The molecule has 30 heavy (non-hydrogen) atoms. The lowest BCUT2D eigenvalue weighted by Gasteiger charge is -2.26. The van der Waals surface area contributed by atoms with Crippen LogP contribution in [-0.2, 0) is 4.74 Å². The van der Waals surface area contributed by atoms with Crippen molar-refractivity contribution in [2.75, 3.05) is 13.2 Å². The number of hydrogen-bond acceptors (Lipinski definition) is 4. The van der Waals surface area contributed by atoms with Gasteiger partial charge < -0.3 is 14.7 Å². The summed E-state index contributed by atoms with van der Waals surface area (Å²) in [7, 11) is 0. The number of rotatable bonds is 7. The van der Waals surface area contributed by atoms with E-state index in [0.717, 1.165) is 22.0 Å². The third-order valence-electron chi connectivity index (χ3n) is 5.20. The number of halogens is 1. The summed E-state index contributed by atoms with van der Waals surface area (Å²) in [5.74, 6) is 0.0502. The number of carbonyl (C=O) groups excluding carboxylic acids is 1. The highest BCUT2D eigenvalue weighted by Crippen LogP contribution is 2.44. The van der Waals surface area contributed by atoms with E-state index in [-0.39, 0.29) is 23.8 Å². The SMILES string of the molecule is CC(C)OCCCN1C(=O)c2[nH]nc(-c3ccccc3O)c2[C@@H]1c1ccc(Br)cc1. The van der Waals surface area contributed by atoms with Gasteiger partial charge in [-0.15, -0.1) is 0 Å². The first kappa shape index (κ1) is 20.6. The van der Waals surface area contributed by atoms with E-state index < -0.39 is 0 Å². The third kappa shape index (κ3) is 3.87. The Bertz CT molecular complexity index is 1050. The third-order valence-corrected chi connectivity index (χ3v) is 5.73. The number of fused-ring (bicyclic) bond motifs is 1. The number of para-hydroxylation sites is 1. The number of aromatic amines is 1. The normalized spacial score (nSPS) is 15.8. The molecule has 0 saturated carbocycles. The second-order valence-electron chi connectivity index (χ2n) is 7.60. The maximum atomic E-state index is 13.2. The van der Waals surface area contributed by atoms with E-state index in [1.807, 2.05) is 55.1 Å². The second kappa shape index (κ2) is 8.62. The van der Waals surface area contributed by atoms with Gasteiger partial charge in [0.25, 0.3) is 5.91 Å². The molecule has 4 rings (SSSR count). The summed E-state index contributed by atoms with van der Waals surface area (Å²) < 4.78 is 6.64. The van der Waals surface area contributed by atoms with Crippen molar-refractivity contribution in [2.24, 2.45) is 0 Å². The molecule has 1 atom stereocenters. The van der Waals surface area contributed by atoms with Crippen LogP contribution in [0, 0.1) is 0 Å². The summed E-state index contributed by atoms with van der Waals surface area (Å²) in [4.78, 5) is 15.1. The van der Waals surface area contributed by atoms with Crippen LogP contribution < -0.4 is 0 Å². The fourth-order valence-corrected chi connectivity index (χ4v) is 4.12. The van der Waals surface area contributed by atoms with Crippen LogP contribution in [0.3, 0.4) is 0 Å². The summed E-state index contributed by atoms with van der Waals surface area (Å²) in [5, 5.41) is 17.7. The zero-order valence-electron chi connectivity index (χ0n) is 16.9. The van der Waals surface area contributed by atoms with Crippen LogP contribution in [0.5, 0.6) is 5.75 Å². The molecule has 1 amide bonds. The zero-order chi connectivity index (χ0) is 21.3. The topological polar surface area (TPSA) is 78.5 Å². The average molecular weight is 470 g/mol. The minimum atomic E-state index is -0.284. The molecule has 0 aliphatic carbocycles. The molecule has 156 valence electrons. The first-order valence-electron chi connectivity index (χ1n) is 10.0. The first-order valence-corrected chi connectivity index (χ1v) is 10.8. The molecule has 3 aromatic rings. The molecule has 2 aromatic carbocycles. The van der Waals surface area contributed by atoms with E-state index in [1.165, 1.54) is 0 Å². The number of carbonyl (C=O) groups is 1. The van der Waals surface area contributed by atoms with Gasteiger partial charge in [-0.05, 0) is 50.1 Å². The van der Waals surface area contributed by atoms with Crippen molar-refractivity contribution < 1.29 is 14.6 Å². The Hall–Kier alpha value is -2.64. The Morgan fingerprint density at radius 3 is 2.63 bits per heavy atom. The summed E-state index contributed by atoms with van der Waals surface area (Å²) >= 11 is 3.48. The number of phenols is 1. The number of nitrogens with one attached hydrogen (secondary N) is 1. The maximum Gasteiger partial charge on any atom is 0.273 e. The molecule has 1 aromatic heterocycles. The Kier molecular flexibility index (Phi) is 5.92. The fourth-order valence-electron chi connectivity index (χ4n) is 3.85. The molecule has 0 fully saturated rings. The zero-order valence-corrected chi connectivity index (χ0v) is 18.5. The lowest BCUT2D eigenvalue weighted by molar-refractivity contribution is 0.0601. The monoisotopic (exact) mass is 469 g/mol. The molecular weight excluding hydrogens is 446 g/mol. The highest BCUT2D eigenvalue weighted by Gasteiger charge is 2.42. The molecule has 1 aliphatic rings. The summed E-state index contributed by atoms with van der Waals surface area (Å²) in [6.07, 6.45) is 0.895. The van der Waals surface area contributed by atoms with Gasteiger partial charge in [-0.25, -0.2) is 0 Å². The van der Waals surface area contributed by atoms with Crippen LogP contribution in [0.4, 0.5) is 0 Å². The van der Waals surface area contributed by atoms with Gasteiger partial charge in [0.1, 0.15) is 17.1 Å². The van der Waals surface area contributed by atoms with E-state index in [2.05, 4.69) is 26.1 Å². The van der Waals surface area contributed by atoms with Gasteiger partial charge in [-0.3, -0.25) is 9.89 Å². The predicted octanol–water partition coefficient (Wildman–Crippen LogP) is 4.91. The van der Waals surface area contributed by atoms with E-state index in [4.69, 9.17) is 4.74 Å². The van der Waals surface area contributed by atoms with Gasteiger partial charge in [-0.1, -0.05) is 40.2 Å². The highest BCUT2D eigenvalue weighted by molar-refractivity contribution is 9.10. The number of phenolic OH excluding ortho intramolecular Hbond substituents is 1. The number of amides is 1. The van der Waals surface area contributed by atoms with Crippen molar-refractivity contribution in [3.63, 3.8) is 0 Å². The minimum absolute atomic E-state index is 0.0864. The largest absolute Gasteiger partial charge is 0.507 e. The van der Waals surface area contributed by atoms with Gasteiger partial charge in [0.05, 0.1) is 12.1 Å². The van der Waals surface area contributed by atoms with Crippen molar-refractivity contribution in [3.05, 3.63) is 69.8 Å². The molecule has 0 bridgehead atoms. The highest BCUT2D eigenvalue weighted by atomic mass is 79.9. The van der Waals surface area contributed by atoms with Crippen LogP contribution >= 0.6 is 15.9 Å². The molecular formula is C23H24BrN3O3. The number of aromatic hydroxyl groups is 1. The van der Waals surface area contributed by atoms with Crippen molar-refractivity contribution in [3.8, 4) is 17.0 Å². The lowest BCUT2D eigenvalue weighted by Crippen LogP contribution is -2.31. The Morgan fingerprint density at radius 1 is 1.20 bits per heavy atom. The van der Waals surface area contributed by atoms with Gasteiger partial charge in [0.15, 0.2) is 0 Å². The first-order chi connectivity index (χ1) is 14.5. The predicted molar refractivity (Wildman–Crippen MR) is 118 cm³/mol. The summed E-state index contributed by atoms with van der Waals surface area (Å²) in [6, 6.07) is 14.7. The van der Waals surface area contributed by atoms with E-state index in [0.29, 0.717) is 30.1 Å². The number of nitrogens with zero attached hydrogens (tertiary/aromatic N) is 2. The molecule has 0 radical (unpaired) electrons.